The molecule has 0 bridgehead atoms. The van der Waals surface area contributed by atoms with Gasteiger partial charge in [0.05, 0.1) is 12.7 Å². The number of para-hydroxylation sites is 1. The van der Waals surface area contributed by atoms with Crippen LogP contribution in [0.2, 0.25) is 0 Å². The fraction of sp³-hybridized carbons (Fsp3) is 0.350. The molecule has 1 atom stereocenters. The minimum atomic E-state index is -1.01. The van der Waals surface area contributed by atoms with Crippen molar-refractivity contribution in [3.63, 3.8) is 0 Å². The number of aromatic nitrogens is 1. The maximum absolute atomic E-state index is 12.5. The van der Waals surface area contributed by atoms with Crippen molar-refractivity contribution in [3.8, 4) is 0 Å². The monoisotopic (exact) mass is 372 g/mol. The Balaban J connectivity index is 2.14. The summed E-state index contributed by atoms with van der Waals surface area (Å²) in [5.74, 6) is -1.69. The van der Waals surface area contributed by atoms with E-state index in [0.717, 1.165) is 11.1 Å². The molecule has 0 saturated carbocycles. The van der Waals surface area contributed by atoms with E-state index in [9.17, 15) is 14.4 Å². The fourth-order valence-electron chi connectivity index (χ4n) is 2.87. The van der Waals surface area contributed by atoms with E-state index >= 15 is 0 Å². The van der Waals surface area contributed by atoms with E-state index in [2.05, 4.69) is 10.3 Å². The lowest BCUT2D eigenvalue weighted by Gasteiger charge is -2.16. The van der Waals surface area contributed by atoms with Gasteiger partial charge in [-0.3, -0.25) is 4.79 Å². The van der Waals surface area contributed by atoms with Crippen molar-refractivity contribution in [2.45, 2.75) is 40.7 Å². The second-order valence-electron chi connectivity index (χ2n) is 6.42. The molecule has 2 aromatic rings. The molecule has 0 spiro atoms. The van der Waals surface area contributed by atoms with Crippen molar-refractivity contribution >= 4 is 23.5 Å². The van der Waals surface area contributed by atoms with Crippen LogP contribution in [0.5, 0.6) is 0 Å². The van der Waals surface area contributed by atoms with Gasteiger partial charge >= 0.3 is 11.9 Å². The van der Waals surface area contributed by atoms with E-state index < -0.39 is 23.9 Å². The number of hydrogen-bond donors (Lipinski definition) is 2. The molecule has 7 heteroatoms. The van der Waals surface area contributed by atoms with Crippen molar-refractivity contribution in [3.05, 3.63) is 51.8 Å². The molecule has 144 valence electrons. The number of amides is 1. The quantitative estimate of drug-likeness (QED) is 0.786. The first-order valence-corrected chi connectivity index (χ1v) is 8.52. The van der Waals surface area contributed by atoms with Crippen LogP contribution in [0.15, 0.2) is 18.2 Å². The summed E-state index contributed by atoms with van der Waals surface area (Å²) in [5, 5.41) is 2.79. The molecule has 1 heterocycles. The van der Waals surface area contributed by atoms with Gasteiger partial charge in [0, 0.05) is 11.4 Å². The van der Waals surface area contributed by atoms with Gasteiger partial charge in [0.2, 0.25) is 0 Å². The Morgan fingerprint density at radius 3 is 2.19 bits per heavy atom. The van der Waals surface area contributed by atoms with E-state index in [-0.39, 0.29) is 11.3 Å². The van der Waals surface area contributed by atoms with Gasteiger partial charge in [0.25, 0.3) is 5.91 Å². The number of benzene rings is 1. The zero-order chi connectivity index (χ0) is 20.3. The van der Waals surface area contributed by atoms with Gasteiger partial charge < -0.3 is 19.8 Å². The summed E-state index contributed by atoms with van der Waals surface area (Å²) in [6, 6.07) is 5.68. The zero-order valence-corrected chi connectivity index (χ0v) is 16.4. The summed E-state index contributed by atoms with van der Waals surface area (Å²) in [7, 11) is 1.27. The summed E-state index contributed by atoms with van der Waals surface area (Å²) in [4.78, 5) is 39.5. The molecule has 2 N–H and O–H groups in total. The number of nitrogens with one attached hydrogen (secondary N) is 2. The third-order valence-corrected chi connectivity index (χ3v) is 4.41. The molecule has 0 aliphatic carbocycles. The average molecular weight is 372 g/mol. The summed E-state index contributed by atoms with van der Waals surface area (Å²) in [6.45, 7) is 8.55. The molecule has 0 saturated heterocycles. The highest BCUT2D eigenvalue weighted by atomic mass is 16.5. The number of carbonyl (C=O) groups excluding carboxylic acids is 3. The van der Waals surface area contributed by atoms with Crippen LogP contribution in [0.4, 0.5) is 5.69 Å². The number of hydrogen-bond acceptors (Lipinski definition) is 5. The van der Waals surface area contributed by atoms with Gasteiger partial charge in [0.1, 0.15) is 5.69 Å². The standard InChI is InChI=1S/C20H24N2O5/c1-10-8-7-9-11(2)16(10)22-18(23)14(5)27-20(25)17-12(3)15(13(4)21-17)19(24)26-6/h7-9,14,21H,1-6H3,(H,22,23)/t14-/m0/s1. The van der Waals surface area contributed by atoms with Crippen molar-refractivity contribution in [1.82, 2.24) is 4.98 Å². The summed E-state index contributed by atoms with van der Waals surface area (Å²) < 4.78 is 10.0. The summed E-state index contributed by atoms with van der Waals surface area (Å²) >= 11 is 0. The van der Waals surface area contributed by atoms with Crippen LogP contribution in [0.3, 0.4) is 0 Å². The molecule has 0 aliphatic rings. The number of methoxy groups -OCH3 is 1. The van der Waals surface area contributed by atoms with Crippen molar-refractivity contribution in [2.75, 3.05) is 12.4 Å². The van der Waals surface area contributed by atoms with E-state index in [1.807, 2.05) is 32.0 Å². The van der Waals surface area contributed by atoms with Crippen molar-refractivity contribution in [1.29, 1.82) is 0 Å². The van der Waals surface area contributed by atoms with Gasteiger partial charge in [-0.2, -0.15) is 0 Å². The molecule has 1 aromatic carbocycles. The van der Waals surface area contributed by atoms with Gasteiger partial charge in [-0.25, -0.2) is 9.59 Å². The van der Waals surface area contributed by atoms with Gasteiger partial charge in [-0.05, 0) is 51.3 Å². The Kier molecular flexibility index (Phi) is 6.05. The fourth-order valence-corrected chi connectivity index (χ4v) is 2.87. The topological polar surface area (TPSA) is 97.5 Å². The molecule has 0 fully saturated rings. The maximum Gasteiger partial charge on any atom is 0.355 e. The molecule has 0 aliphatic heterocycles. The lowest BCUT2D eigenvalue weighted by molar-refractivity contribution is -0.123. The third-order valence-electron chi connectivity index (χ3n) is 4.41. The Hall–Kier alpha value is -3.09. The second kappa shape index (κ2) is 8.07. The summed E-state index contributed by atoms with van der Waals surface area (Å²) in [6.07, 6.45) is -1.01. The highest BCUT2D eigenvalue weighted by Crippen LogP contribution is 2.22. The molecular formula is C20H24N2O5. The third kappa shape index (κ3) is 4.19. The van der Waals surface area contributed by atoms with Crippen molar-refractivity contribution < 1.29 is 23.9 Å². The van der Waals surface area contributed by atoms with E-state index in [1.165, 1.54) is 14.0 Å². The molecule has 0 unspecified atom stereocenters. The zero-order valence-electron chi connectivity index (χ0n) is 16.4. The van der Waals surface area contributed by atoms with E-state index in [1.54, 1.807) is 13.8 Å². The van der Waals surface area contributed by atoms with Crippen LogP contribution in [0.25, 0.3) is 0 Å². The highest BCUT2D eigenvalue weighted by Gasteiger charge is 2.26. The van der Waals surface area contributed by atoms with Crippen LogP contribution in [0, 0.1) is 27.7 Å². The average Bonchev–Trinajstić information content (AvgIpc) is 2.91. The highest BCUT2D eigenvalue weighted by molar-refractivity contribution is 6.00. The molecular weight excluding hydrogens is 348 g/mol. The molecule has 1 amide bonds. The number of esters is 2. The largest absolute Gasteiger partial charge is 0.465 e. The Labute approximate surface area is 158 Å². The minimum Gasteiger partial charge on any atom is -0.465 e. The Morgan fingerprint density at radius 1 is 1.04 bits per heavy atom. The number of aryl methyl sites for hydroxylation is 3. The molecule has 0 radical (unpaired) electrons. The number of rotatable bonds is 5. The lowest BCUT2D eigenvalue weighted by atomic mass is 10.1. The lowest BCUT2D eigenvalue weighted by Crippen LogP contribution is -2.30. The van der Waals surface area contributed by atoms with Crippen LogP contribution in [0.1, 0.15) is 50.2 Å². The van der Waals surface area contributed by atoms with Crippen LogP contribution in [-0.4, -0.2) is 36.0 Å². The van der Waals surface area contributed by atoms with E-state index in [0.29, 0.717) is 16.9 Å². The molecule has 7 nitrogen and oxygen atoms in total. The predicted molar refractivity (Wildman–Crippen MR) is 101 cm³/mol. The van der Waals surface area contributed by atoms with E-state index in [4.69, 9.17) is 9.47 Å². The van der Waals surface area contributed by atoms with Crippen LogP contribution < -0.4 is 5.32 Å². The molecule has 1 aromatic heterocycles. The van der Waals surface area contributed by atoms with Crippen LogP contribution >= 0.6 is 0 Å². The van der Waals surface area contributed by atoms with Gasteiger partial charge in [-0.1, -0.05) is 18.2 Å². The van der Waals surface area contributed by atoms with Gasteiger partial charge in [-0.15, -0.1) is 0 Å². The first kappa shape index (κ1) is 20.2. The second-order valence-corrected chi connectivity index (χ2v) is 6.42. The number of aromatic amines is 1. The first-order valence-electron chi connectivity index (χ1n) is 8.52. The number of H-pyrrole nitrogens is 1. The Morgan fingerprint density at radius 2 is 1.63 bits per heavy atom. The number of ether oxygens (including phenoxy) is 2. The normalized spacial score (nSPS) is 11.6. The predicted octanol–water partition coefficient (Wildman–Crippen LogP) is 3.22. The van der Waals surface area contributed by atoms with Crippen LogP contribution in [-0.2, 0) is 14.3 Å². The van der Waals surface area contributed by atoms with Crippen molar-refractivity contribution in [2.24, 2.45) is 0 Å². The molecule has 27 heavy (non-hydrogen) atoms. The Bertz CT molecular complexity index is 878. The summed E-state index contributed by atoms with van der Waals surface area (Å²) in [5.41, 5.74) is 3.87. The SMILES string of the molecule is COC(=O)c1c(C)[nH]c(C(=O)O[C@@H](C)C(=O)Nc2c(C)cccc2C)c1C. The smallest absolute Gasteiger partial charge is 0.355 e. The number of carbonyl (C=O) groups is 3. The van der Waals surface area contributed by atoms with Gasteiger partial charge in [0.15, 0.2) is 6.10 Å². The number of anilines is 1. The maximum atomic E-state index is 12.5. The molecule has 2 rings (SSSR count). The minimum absolute atomic E-state index is 0.125. The first-order chi connectivity index (χ1) is 12.7.